The molecule has 55 heavy (non-hydrogen) atoms. The van der Waals surface area contributed by atoms with Crippen molar-refractivity contribution >= 4 is 110 Å². The van der Waals surface area contributed by atoms with Crippen LogP contribution in [0.25, 0.3) is 100 Å². The molecule has 0 amide bonds. The SMILES string of the molecule is [B]c1c([B])c([B])c(-c2ccc(-c3nc(-c4ccccc4)nc(-c4cccc5oc6c(-c7cccc8c7oc7ccccc78)cccc6c45)n3)cc2)c([B])c1[B]. The van der Waals surface area contributed by atoms with Crippen LogP contribution in [0.1, 0.15) is 0 Å². The van der Waals surface area contributed by atoms with Gasteiger partial charge in [-0.25, -0.2) is 15.0 Å². The van der Waals surface area contributed by atoms with Crippen molar-refractivity contribution in [3.63, 3.8) is 0 Å². The first-order valence-corrected chi connectivity index (χ1v) is 17.6. The van der Waals surface area contributed by atoms with E-state index < -0.39 is 0 Å². The molecule has 0 spiro atoms. The van der Waals surface area contributed by atoms with E-state index in [0.717, 1.165) is 71.7 Å². The maximum absolute atomic E-state index is 6.69. The normalized spacial score (nSPS) is 11.6. The molecule has 10 heteroatoms. The highest BCUT2D eigenvalue weighted by atomic mass is 16.3. The molecule has 0 saturated heterocycles. The lowest BCUT2D eigenvalue weighted by Gasteiger charge is -2.21. The monoisotopic (exact) mass is 691 g/mol. The van der Waals surface area contributed by atoms with E-state index in [-0.39, 0.29) is 27.3 Å². The highest BCUT2D eigenvalue weighted by molar-refractivity contribution is 6.68. The van der Waals surface area contributed by atoms with Crippen molar-refractivity contribution < 1.29 is 8.83 Å². The zero-order chi connectivity index (χ0) is 37.4. The van der Waals surface area contributed by atoms with Gasteiger partial charge in [0.1, 0.15) is 61.6 Å². The quantitative estimate of drug-likeness (QED) is 0.208. The topological polar surface area (TPSA) is 65.0 Å². The molecule has 10 aromatic rings. The second-order valence-corrected chi connectivity index (χ2v) is 13.4. The molecule has 0 aliphatic carbocycles. The third-order valence-corrected chi connectivity index (χ3v) is 10.3. The van der Waals surface area contributed by atoms with Gasteiger partial charge in [0, 0.05) is 49.4 Å². The summed E-state index contributed by atoms with van der Waals surface area (Å²) in [7, 11) is 31.1. The van der Waals surface area contributed by atoms with Crippen molar-refractivity contribution in [3.05, 3.63) is 133 Å². The van der Waals surface area contributed by atoms with Gasteiger partial charge in [0.25, 0.3) is 0 Å². The van der Waals surface area contributed by atoms with Crippen molar-refractivity contribution in [3.8, 4) is 56.4 Å². The molecule has 0 N–H and O–H groups in total. The molecule has 10 radical (unpaired) electrons. The Morgan fingerprint density at radius 3 is 1.53 bits per heavy atom. The van der Waals surface area contributed by atoms with Gasteiger partial charge in [-0.3, -0.25) is 0 Å². The number of rotatable bonds is 5. The molecule has 0 atom stereocenters. The van der Waals surface area contributed by atoms with Gasteiger partial charge in [0.2, 0.25) is 0 Å². The van der Waals surface area contributed by atoms with E-state index in [2.05, 4.69) is 36.4 Å². The van der Waals surface area contributed by atoms with Gasteiger partial charge in [-0.2, -0.15) is 0 Å². The van der Waals surface area contributed by atoms with E-state index in [1.807, 2.05) is 97.1 Å². The summed E-state index contributed by atoms with van der Waals surface area (Å²) < 4.78 is 13.1. The third kappa shape index (κ3) is 5.27. The van der Waals surface area contributed by atoms with Gasteiger partial charge in [-0.15, -0.1) is 16.4 Å². The number of fused-ring (bicyclic) bond motifs is 6. The molecule has 0 bridgehead atoms. The minimum absolute atomic E-state index is 0.168. The van der Waals surface area contributed by atoms with Crippen LogP contribution >= 0.6 is 0 Å². The summed E-state index contributed by atoms with van der Waals surface area (Å²) in [5, 5.41) is 3.95. The van der Waals surface area contributed by atoms with Gasteiger partial charge in [-0.05, 0) is 23.3 Å². The Bertz CT molecular complexity index is 3130. The van der Waals surface area contributed by atoms with Crippen molar-refractivity contribution in [2.75, 3.05) is 0 Å². The van der Waals surface area contributed by atoms with E-state index in [1.54, 1.807) is 0 Å². The standard InChI is InChI=1S/C45H22B5N3O2/c46-36-34(37(47)39(49)40(50)38(36)48)23-19-21-25(22-20-23)44-51-43(24-9-2-1-3-10-24)52-45(53-44)31-16-8-18-33-35(31)30-15-7-14-29(42(30)55-33)28-13-6-12-27-26-11-4-5-17-32(26)54-41(27)28/h1-22H. The van der Waals surface area contributed by atoms with Crippen LogP contribution in [0.5, 0.6) is 0 Å². The first kappa shape index (κ1) is 33.1. The Labute approximate surface area is 322 Å². The van der Waals surface area contributed by atoms with Gasteiger partial charge in [-0.1, -0.05) is 132 Å². The van der Waals surface area contributed by atoms with E-state index in [4.69, 9.17) is 63.0 Å². The van der Waals surface area contributed by atoms with Gasteiger partial charge in [0.15, 0.2) is 17.5 Å². The number of para-hydroxylation sites is 3. The Morgan fingerprint density at radius 2 is 0.818 bits per heavy atom. The zero-order valence-electron chi connectivity index (χ0n) is 29.2. The first-order valence-electron chi connectivity index (χ1n) is 17.6. The maximum Gasteiger partial charge on any atom is 0.164 e. The smallest absolute Gasteiger partial charge is 0.164 e. The number of hydrogen-bond acceptors (Lipinski definition) is 5. The number of furan rings is 2. The molecule has 0 aliphatic heterocycles. The molecule has 0 saturated carbocycles. The number of benzene rings is 7. The van der Waals surface area contributed by atoms with Crippen LogP contribution in [0.3, 0.4) is 0 Å². The van der Waals surface area contributed by atoms with Gasteiger partial charge < -0.3 is 8.83 Å². The molecule has 244 valence electrons. The summed E-state index contributed by atoms with van der Waals surface area (Å²) in [6.45, 7) is 0. The average Bonchev–Trinajstić information content (AvgIpc) is 3.82. The Kier molecular flexibility index (Phi) is 7.70. The first-order chi connectivity index (χ1) is 26.9. The largest absolute Gasteiger partial charge is 0.455 e. The lowest BCUT2D eigenvalue weighted by Crippen LogP contribution is -2.55. The van der Waals surface area contributed by atoms with Gasteiger partial charge >= 0.3 is 0 Å². The lowest BCUT2D eigenvalue weighted by molar-refractivity contribution is 0.665. The van der Waals surface area contributed by atoms with Crippen LogP contribution < -0.4 is 27.3 Å². The predicted octanol–water partition coefficient (Wildman–Crippen LogP) is 5.97. The molecular weight excluding hydrogens is 669 g/mol. The summed E-state index contributed by atoms with van der Waals surface area (Å²) in [5.41, 5.74) is 9.72. The van der Waals surface area contributed by atoms with Gasteiger partial charge in [0.05, 0.1) is 0 Å². The summed E-state index contributed by atoms with van der Waals surface area (Å²) in [6.07, 6.45) is 0. The molecule has 5 nitrogen and oxygen atoms in total. The number of aromatic nitrogens is 3. The highest BCUT2D eigenvalue weighted by Crippen LogP contribution is 2.43. The average molecular weight is 691 g/mol. The fourth-order valence-corrected chi connectivity index (χ4v) is 7.49. The fraction of sp³-hybridized carbons (Fsp3) is 0. The zero-order valence-corrected chi connectivity index (χ0v) is 29.2. The minimum Gasteiger partial charge on any atom is -0.455 e. The number of hydrogen-bond donors (Lipinski definition) is 0. The summed E-state index contributed by atoms with van der Waals surface area (Å²) in [5.74, 6) is 1.51. The van der Waals surface area contributed by atoms with E-state index >= 15 is 0 Å². The van der Waals surface area contributed by atoms with Crippen LogP contribution in [-0.4, -0.2) is 54.2 Å². The summed E-state index contributed by atoms with van der Waals surface area (Å²) >= 11 is 0. The Hall–Kier alpha value is -6.53. The van der Waals surface area contributed by atoms with E-state index in [1.165, 1.54) is 0 Å². The molecule has 10 rings (SSSR count). The molecule has 3 heterocycles. The fourth-order valence-electron chi connectivity index (χ4n) is 7.49. The Morgan fingerprint density at radius 1 is 0.345 bits per heavy atom. The predicted molar refractivity (Wildman–Crippen MR) is 229 cm³/mol. The highest BCUT2D eigenvalue weighted by Gasteiger charge is 2.21. The molecule has 3 aromatic heterocycles. The van der Waals surface area contributed by atoms with E-state index in [9.17, 15) is 0 Å². The van der Waals surface area contributed by atoms with E-state index in [0.29, 0.717) is 28.6 Å². The van der Waals surface area contributed by atoms with Crippen LogP contribution in [0.15, 0.2) is 142 Å². The molecular formula is C45H22B5N3O2. The molecule has 7 aromatic carbocycles. The minimum atomic E-state index is 0.168. The van der Waals surface area contributed by atoms with Crippen LogP contribution in [0, 0.1) is 0 Å². The van der Waals surface area contributed by atoms with Crippen LogP contribution in [0.4, 0.5) is 0 Å². The summed E-state index contributed by atoms with van der Waals surface area (Å²) in [4.78, 5) is 15.1. The van der Waals surface area contributed by atoms with Crippen molar-refractivity contribution in [1.29, 1.82) is 0 Å². The number of nitrogens with zero attached hydrogens (tertiary/aromatic N) is 3. The molecule has 0 unspecified atom stereocenters. The van der Waals surface area contributed by atoms with Crippen molar-refractivity contribution in [1.82, 2.24) is 15.0 Å². The van der Waals surface area contributed by atoms with Crippen molar-refractivity contribution in [2.24, 2.45) is 0 Å². The van der Waals surface area contributed by atoms with Crippen LogP contribution in [0.2, 0.25) is 0 Å². The summed E-state index contributed by atoms with van der Waals surface area (Å²) in [6, 6.07) is 43.8. The van der Waals surface area contributed by atoms with Crippen molar-refractivity contribution in [2.45, 2.75) is 0 Å². The molecule has 0 aliphatic rings. The second-order valence-electron chi connectivity index (χ2n) is 13.4. The Balaban J connectivity index is 1.15. The maximum atomic E-state index is 6.69. The second kappa shape index (κ2) is 12.8. The van der Waals surface area contributed by atoms with Crippen LogP contribution in [-0.2, 0) is 0 Å². The lowest BCUT2D eigenvalue weighted by atomic mass is 9.59. The molecule has 0 fully saturated rings. The third-order valence-electron chi connectivity index (χ3n) is 10.3.